The van der Waals surface area contributed by atoms with Gasteiger partial charge in [0.15, 0.2) is 0 Å². The zero-order chi connectivity index (χ0) is 10.2. The van der Waals surface area contributed by atoms with Crippen molar-refractivity contribution in [1.29, 1.82) is 0 Å². The van der Waals surface area contributed by atoms with Crippen LogP contribution in [0, 0.1) is 0 Å². The molecule has 0 saturated carbocycles. The predicted octanol–water partition coefficient (Wildman–Crippen LogP) is 2.09. The molecule has 0 aromatic carbocycles. The van der Waals surface area contributed by atoms with E-state index in [-0.39, 0.29) is 5.04 Å². The van der Waals surface area contributed by atoms with Crippen LogP contribution in [0.15, 0.2) is 0 Å². The second-order valence-corrected chi connectivity index (χ2v) is 10.7. The monoisotopic (exact) mass is 208 g/mol. The molecule has 0 aromatic heterocycles. The average Bonchev–Trinajstić information content (AvgIpc) is 1.82. The Morgan fingerprint density at radius 2 is 1.17 bits per heavy atom. The largest absolute Gasteiger partial charge is 0.312 e. The lowest BCUT2D eigenvalue weighted by atomic mass is 10.3. The predicted molar refractivity (Wildman–Crippen MR) is 58.7 cm³/mol. The van der Waals surface area contributed by atoms with Gasteiger partial charge in [0.1, 0.15) is 0 Å². The molecule has 0 saturated heterocycles. The van der Waals surface area contributed by atoms with E-state index in [1.807, 2.05) is 0 Å². The van der Waals surface area contributed by atoms with E-state index >= 15 is 0 Å². The molecule has 0 N–H and O–H groups in total. The van der Waals surface area contributed by atoms with Crippen molar-refractivity contribution < 1.29 is 0 Å². The van der Waals surface area contributed by atoms with Crippen molar-refractivity contribution in [2.75, 3.05) is 28.2 Å². The van der Waals surface area contributed by atoms with Gasteiger partial charge in [-0.3, -0.25) is 0 Å². The Bertz CT molecular complexity index is 144. The molecule has 2 nitrogen and oxygen atoms in total. The summed E-state index contributed by atoms with van der Waals surface area (Å²) in [6.45, 7) is 6.60. The van der Waals surface area contributed by atoms with Crippen LogP contribution in [0.2, 0.25) is 5.04 Å². The number of nitrogens with zero attached hydrogens (tertiary/aromatic N) is 2. The highest BCUT2D eigenvalue weighted by molar-refractivity contribution is 7.18. The number of hydrogen-bond donors (Lipinski definition) is 0. The summed E-state index contributed by atoms with van der Waals surface area (Å²) in [4.78, 5) is 0. The Balaban J connectivity index is 4.89. The molecule has 0 aliphatic rings. The maximum Gasteiger partial charge on any atom is 0.312 e. The van der Waals surface area contributed by atoms with Crippen LogP contribution < -0.4 is 0 Å². The third kappa shape index (κ3) is 2.02. The van der Waals surface area contributed by atoms with Gasteiger partial charge in [-0.2, -0.15) is 0 Å². The number of halogens is 1. The number of hydrogen-bond acceptors (Lipinski definition) is 2. The topological polar surface area (TPSA) is 6.48 Å². The van der Waals surface area contributed by atoms with Crippen LogP contribution >= 0.6 is 11.1 Å². The Morgan fingerprint density at radius 1 is 0.917 bits per heavy atom. The maximum absolute atomic E-state index is 6.68. The van der Waals surface area contributed by atoms with Gasteiger partial charge in [0.25, 0.3) is 0 Å². The first kappa shape index (κ1) is 12.4. The Hall–Kier alpha value is 0.427. The van der Waals surface area contributed by atoms with Crippen LogP contribution in [-0.2, 0) is 0 Å². The zero-order valence-corrected chi connectivity index (χ0v) is 11.0. The van der Waals surface area contributed by atoms with Crippen molar-refractivity contribution in [3.8, 4) is 0 Å². The van der Waals surface area contributed by atoms with Gasteiger partial charge < -0.3 is 9.13 Å². The Morgan fingerprint density at radius 3 is 1.17 bits per heavy atom. The van der Waals surface area contributed by atoms with Crippen LogP contribution in [-0.4, -0.2) is 45.0 Å². The van der Waals surface area contributed by atoms with Gasteiger partial charge in [0.2, 0.25) is 0 Å². The zero-order valence-electron chi connectivity index (χ0n) is 9.27. The molecule has 0 bridgehead atoms. The second-order valence-electron chi connectivity index (χ2n) is 4.63. The summed E-state index contributed by atoms with van der Waals surface area (Å²) in [7, 11) is 6.27. The SMILES string of the molecule is CN(C)[Si](Cl)(N(C)C)C(C)(C)C. The molecule has 0 spiro atoms. The van der Waals surface area contributed by atoms with Gasteiger partial charge >= 0.3 is 7.71 Å². The summed E-state index contributed by atoms with van der Waals surface area (Å²) in [5.74, 6) is 0. The lowest BCUT2D eigenvalue weighted by Gasteiger charge is -2.45. The highest BCUT2D eigenvalue weighted by atomic mass is 35.6. The van der Waals surface area contributed by atoms with E-state index < -0.39 is 7.71 Å². The molecule has 0 aliphatic heterocycles. The van der Waals surface area contributed by atoms with E-state index in [2.05, 4.69) is 58.1 Å². The highest BCUT2D eigenvalue weighted by Crippen LogP contribution is 2.41. The number of rotatable bonds is 2. The van der Waals surface area contributed by atoms with E-state index in [0.29, 0.717) is 0 Å². The molecule has 0 unspecified atom stereocenters. The molecule has 0 amide bonds. The Labute approximate surface area is 82.4 Å². The first-order chi connectivity index (χ1) is 5.14. The molecule has 0 radical (unpaired) electrons. The normalized spacial score (nSPS) is 14.5. The molecule has 4 heteroatoms. The van der Waals surface area contributed by atoms with Crippen molar-refractivity contribution >= 4 is 18.8 Å². The molecule has 74 valence electrons. The van der Waals surface area contributed by atoms with E-state index in [4.69, 9.17) is 11.1 Å². The molecule has 0 fully saturated rings. The fourth-order valence-electron chi connectivity index (χ4n) is 1.74. The van der Waals surface area contributed by atoms with Gasteiger partial charge in [-0.1, -0.05) is 20.8 Å². The van der Waals surface area contributed by atoms with E-state index in [1.54, 1.807) is 0 Å². The van der Waals surface area contributed by atoms with Gasteiger partial charge in [-0.25, -0.2) is 0 Å². The molecule has 0 rings (SSSR count). The maximum atomic E-state index is 6.68. The average molecular weight is 209 g/mol. The third-order valence-electron chi connectivity index (χ3n) is 2.14. The van der Waals surface area contributed by atoms with Crippen molar-refractivity contribution in [2.45, 2.75) is 25.8 Å². The minimum absolute atomic E-state index is 0.154. The lowest BCUT2D eigenvalue weighted by molar-refractivity contribution is 0.451. The van der Waals surface area contributed by atoms with Crippen LogP contribution in [0.25, 0.3) is 0 Å². The fourth-order valence-corrected chi connectivity index (χ4v) is 5.22. The minimum Gasteiger partial charge on any atom is -0.305 e. The molecule has 0 atom stereocenters. The van der Waals surface area contributed by atoms with Crippen molar-refractivity contribution in [2.24, 2.45) is 0 Å². The van der Waals surface area contributed by atoms with Crippen molar-refractivity contribution in [3.63, 3.8) is 0 Å². The lowest BCUT2D eigenvalue weighted by Crippen LogP contribution is -2.62. The standard InChI is InChI=1S/C8H21ClN2Si/c1-8(2,3)12(9,10(4)5)11(6)7/h1-7H3. The summed E-state index contributed by atoms with van der Waals surface area (Å²) < 4.78 is 4.35. The fraction of sp³-hybridized carbons (Fsp3) is 1.00. The summed E-state index contributed by atoms with van der Waals surface area (Å²) in [5.41, 5.74) is 0. The van der Waals surface area contributed by atoms with Crippen LogP contribution in [0.3, 0.4) is 0 Å². The van der Waals surface area contributed by atoms with Crippen LogP contribution in [0.4, 0.5) is 0 Å². The quantitative estimate of drug-likeness (QED) is 0.507. The van der Waals surface area contributed by atoms with Crippen molar-refractivity contribution in [1.82, 2.24) is 9.13 Å². The first-order valence-electron chi connectivity index (χ1n) is 4.18. The Kier molecular flexibility index (Phi) is 3.79. The molecule has 0 heterocycles. The minimum atomic E-state index is -1.97. The summed E-state index contributed by atoms with van der Waals surface area (Å²) >= 11 is 6.68. The van der Waals surface area contributed by atoms with Gasteiger partial charge in [0, 0.05) is 0 Å². The molecule has 0 aliphatic carbocycles. The van der Waals surface area contributed by atoms with Gasteiger partial charge in [-0.15, -0.1) is 11.1 Å². The summed E-state index contributed by atoms with van der Waals surface area (Å²) in [6, 6.07) is 0. The second kappa shape index (κ2) is 3.66. The van der Waals surface area contributed by atoms with Gasteiger partial charge in [0.05, 0.1) is 0 Å². The summed E-state index contributed by atoms with van der Waals surface area (Å²) in [6.07, 6.45) is 0. The van der Waals surface area contributed by atoms with E-state index in [9.17, 15) is 0 Å². The molecule has 0 aromatic rings. The molecule has 12 heavy (non-hydrogen) atoms. The molecular formula is C8H21ClN2Si. The van der Waals surface area contributed by atoms with Crippen molar-refractivity contribution in [3.05, 3.63) is 0 Å². The third-order valence-corrected chi connectivity index (χ3v) is 10.1. The first-order valence-corrected chi connectivity index (χ1v) is 7.08. The van der Waals surface area contributed by atoms with E-state index in [1.165, 1.54) is 0 Å². The van der Waals surface area contributed by atoms with Crippen LogP contribution in [0.1, 0.15) is 20.8 Å². The van der Waals surface area contributed by atoms with E-state index in [0.717, 1.165) is 0 Å². The summed E-state index contributed by atoms with van der Waals surface area (Å²) in [5, 5.41) is 0.154. The van der Waals surface area contributed by atoms with Crippen LogP contribution in [0.5, 0.6) is 0 Å². The molecular weight excluding hydrogens is 188 g/mol. The van der Waals surface area contributed by atoms with Gasteiger partial charge in [-0.05, 0) is 33.2 Å². The highest BCUT2D eigenvalue weighted by Gasteiger charge is 2.48. The smallest absolute Gasteiger partial charge is 0.305 e.